The Hall–Kier alpha value is -3.39. The molecule has 0 aromatic heterocycles. The van der Waals surface area contributed by atoms with Crippen molar-refractivity contribution in [3.63, 3.8) is 0 Å². The standard InChI is InChI=1S/C22H21FN2O4S/c1-16(15-29-20-7-3-2-4-8-20)24-22(26)17-6-5-9-21(14-17)30(27,28)25-19-12-10-18(23)11-13-19/h2-14,16,25H,15H2,1H3,(H,24,26)/t16-/m0/s1. The molecule has 3 rings (SSSR count). The van der Waals surface area contributed by atoms with Crippen molar-refractivity contribution < 1.29 is 22.3 Å². The maximum atomic E-state index is 13.0. The van der Waals surface area contributed by atoms with Gasteiger partial charge < -0.3 is 10.1 Å². The number of rotatable bonds is 8. The van der Waals surface area contributed by atoms with Gasteiger partial charge in [-0.05, 0) is 61.5 Å². The lowest BCUT2D eigenvalue weighted by atomic mass is 10.2. The zero-order valence-corrected chi connectivity index (χ0v) is 17.0. The van der Waals surface area contributed by atoms with Crippen LogP contribution in [-0.4, -0.2) is 27.0 Å². The number of amides is 1. The van der Waals surface area contributed by atoms with Gasteiger partial charge in [-0.2, -0.15) is 0 Å². The third kappa shape index (κ3) is 5.81. The highest BCUT2D eigenvalue weighted by Crippen LogP contribution is 2.18. The topological polar surface area (TPSA) is 84.5 Å². The molecular weight excluding hydrogens is 407 g/mol. The maximum absolute atomic E-state index is 13.0. The van der Waals surface area contributed by atoms with Gasteiger partial charge >= 0.3 is 0 Å². The predicted molar refractivity (Wildman–Crippen MR) is 113 cm³/mol. The Kier molecular flexibility index (Phi) is 6.68. The Labute approximate surface area is 174 Å². The van der Waals surface area contributed by atoms with Crippen molar-refractivity contribution in [3.8, 4) is 5.75 Å². The van der Waals surface area contributed by atoms with E-state index in [1.54, 1.807) is 6.92 Å². The molecule has 0 aliphatic carbocycles. The van der Waals surface area contributed by atoms with E-state index >= 15 is 0 Å². The lowest BCUT2D eigenvalue weighted by Gasteiger charge is -2.15. The number of anilines is 1. The number of benzene rings is 3. The fourth-order valence-corrected chi connectivity index (χ4v) is 3.73. The molecule has 0 heterocycles. The number of hydrogen-bond acceptors (Lipinski definition) is 4. The zero-order chi connectivity index (χ0) is 21.6. The third-order valence-electron chi connectivity index (χ3n) is 4.12. The van der Waals surface area contributed by atoms with Crippen LogP contribution >= 0.6 is 0 Å². The van der Waals surface area contributed by atoms with E-state index in [0.29, 0.717) is 5.75 Å². The van der Waals surface area contributed by atoms with Gasteiger partial charge in [-0.3, -0.25) is 9.52 Å². The molecule has 8 heteroatoms. The maximum Gasteiger partial charge on any atom is 0.261 e. The zero-order valence-electron chi connectivity index (χ0n) is 16.2. The molecule has 6 nitrogen and oxygen atoms in total. The normalized spacial score (nSPS) is 12.1. The number of hydrogen-bond donors (Lipinski definition) is 2. The molecule has 0 aliphatic heterocycles. The van der Waals surface area contributed by atoms with E-state index in [2.05, 4.69) is 10.0 Å². The van der Waals surface area contributed by atoms with Gasteiger partial charge in [-0.1, -0.05) is 24.3 Å². The SMILES string of the molecule is C[C@@H](COc1ccccc1)NC(=O)c1cccc(S(=O)(=O)Nc2ccc(F)cc2)c1. The average molecular weight is 428 g/mol. The predicted octanol–water partition coefficient (Wildman–Crippen LogP) is 3.82. The average Bonchev–Trinajstić information content (AvgIpc) is 2.74. The molecule has 30 heavy (non-hydrogen) atoms. The molecule has 0 radical (unpaired) electrons. The van der Waals surface area contributed by atoms with E-state index in [9.17, 15) is 17.6 Å². The van der Waals surface area contributed by atoms with Gasteiger partial charge in [0, 0.05) is 11.3 Å². The van der Waals surface area contributed by atoms with Crippen LogP contribution in [0.1, 0.15) is 17.3 Å². The van der Waals surface area contributed by atoms with E-state index in [-0.39, 0.29) is 28.8 Å². The summed E-state index contributed by atoms with van der Waals surface area (Å²) in [7, 11) is -3.93. The minimum absolute atomic E-state index is 0.0762. The van der Waals surface area contributed by atoms with Crippen LogP contribution in [0, 0.1) is 5.82 Å². The van der Waals surface area contributed by atoms with E-state index in [4.69, 9.17) is 4.74 Å². The van der Waals surface area contributed by atoms with Gasteiger partial charge in [0.2, 0.25) is 0 Å². The summed E-state index contributed by atoms with van der Waals surface area (Å²) in [5.74, 6) is -0.196. The first kappa shape index (κ1) is 21.3. The van der Waals surface area contributed by atoms with Crippen molar-refractivity contribution in [1.29, 1.82) is 0 Å². The second-order valence-electron chi connectivity index (χ2n) is 6.64. The largest absolute Gasteiger partial charge is 0.491 e. The second-order valence-corrected chi connectivity index (χ2v) is 8.32. The Morgan fingerprint density at radius 1 is 1.00 bits per heavy atom. The van der Waals surface area contributed by atoms with Crippen LogP contribution < -0.4 is 14.8 Å². The van der Waals surface area contributed by atoms with Gasteiger partial charge in [0.05, 0.1) is 10.9 Å². The molecule has 0 unspecified atom stereocenters. The molecule has 156 valence electrons. The first-order chi connectivity index (χ1) is 14.3. The molecule has 0 saturated heterocycles. The van der Waals surface area contributed by atoms with Gasteiger partial charge in [0.25, 0.3) is 15.9 Å². The number of carbonyl (C=O) groups excluding carboxylic acids is 1. The molecule has 0 spiro atoms. The van der Waals surface area contributed by atoms with Gasteiger partial charge in [-0.25, -0.2) is 12.8 Å². The van der Waals surface area contributed by atoms with Crippen LogP contribution in [0.5, 0.6) is 5.75 Å². The highest BCUT2D eigenvalue weighted by molar-refractivity contribution is 7.92. The van der Waals surface area contributed by atoms with E-state index < -0.39 is 21.7 Å². The first-order valence-corrected chi connectivity index (χ1v) is 10.7. The molecular formula is C22H21FN2O4S. The number of ether oxygens (including phenoxy) is 1. The summed E-state index contributed by atoms with van der Waals surface area (Å²) in [5, 5.41) is 2.78. The van der Waals surface area contributed by atoms with Crippen LogP contribution in [0.4, 0.5) is 10.1 Å². The Morgan fingerprint density at radius 2 is 1.70 bits per heavy atom. The van der Waals surface area contributed by atoms with Crippen LogP contribution in [0.3, 0.4) is 0 Å². The lowest BCUT2D eigenvalue weighted by Crippen LogP contribution is -2.36. The Bertz CT molecular complexity index is 1100. The molecule has 0 fully saturated rings. The number of sulfonamides is 1. The van der Waals surface area contributed by atoms with E-state index in [1.807, 2.05) is 30.3 Å². The molecule has 0 saturated carbocycles. The monoisotopic (exact) mass is 428 g/mol. The first-order valence-electron chi connectivity index (χ1n) is 9.21. The van der Waals surface area contributed by atoms with Crippen LogP contribution in [0.2, 0.25) is 0 Å². The van der Waals surface area contributed by atoms with Crippen molar-refractivity contribution >= 4 is 21.6 Å². The molecule has 0 aliphatic rings. The Morgan fingerprint density at radius 3 is 2.40 bits per heavy atom. The number of halogens is 1. The minimum atomic E-state index is -3.93. The number of nitrogens with one attached hydrogen (secondary N) is 2. The Balaban J connectivity index is 1.64. The summed E-state index contributed by atoms with van der Waals surface area (Å²) in [4.78, 5) is 12.4. The summed E-state index contributed by atoms with van der Waals surface area (Å²) < 4.78 is 46.2. The van der Waals surface area contributed by atoms with Crippen LogP contribution in [-0.2, 0) is 10.0 Å². The van der Waals surface area contributed by atoms with Crippen molar-refractivity contribution in [1.82, 2.24) is 5.32 Å². The van der Waals surface area contributed by atoms with E-state index in [0.717, 1.165) is 12.1 Å². The van der Waals surface area contributed by atoms with E-state index in [1.165, 1.54) is 36.4 Å². The number of carbonyl (C=O) groups is 1. The van der Waals surface area contributed by atoms with Gasteiger partial charge in [0.1, 0.15) is 18.2 Å². The fourth-order valence-electron chi connectivity index (χ4n) is 2.62. The highest BCUT2D eigenvalue weighted by Gasteiger charge is 2.17. The summed E-state index contributed by atoms with van der Waals surface area (Å²) in [6.07, 6.45) is 0. The van der Waals surface area contributed by atoms with Crippen molar-refractivity contribution in [2.24, 2.45) is 0 Å². The minimum Gasteiger partial charge on any atom is -0.491 e. The summed E-state index contributed by atoms with van der Waals surface area (Å²) in [6.45, 7) is 2.05. The molecule has 2 N–H and O–H groups in total. The van der Waals surface area contributed by atoms with Crippen LogP contribution in [0.15, 0.2) is 83.8 Å². The van der Waals surface area contributed by atoms with Crippen LogP contribution in [0.25, 0.3) is 0 Å². The van der Waals surface area contributed by atoms with Gasteiger partial charge in [0.15, 0.2) is 0 Å². The summed E-state index contributed by atoms with van der Waals surface area (Å²) in [6, 6.07) is 19.5. The highest BCUT2D eigenvalue weighted by atomic mass is 32.2. The summed E-state index contributed by atoms with van der Waals surface area (Å²) >= 11 is 0. The quantitative estimate of drug-likeness (QED) is 0.571. The lowest BCUT2D eigenvalue weighted by molar-refractivity contribution is 0.0926. The van der Waals surface area contributed by atoms with Crippen molar-refractivity contribution in [2.75, 3.05) is 11.3 Å². The smallest absolute Gasteiger partial charge is 0.261 e. The molecule has 0 bridgehead atoms. The van der Waals surface area contributed by atoms with Crippen molar-refractivity contribution in [2.45, 2.75) is 17.9 Å². The summed E-state index contributed by atoms with van der Waals surface area (Å²) in [5.41, 5.74) is 0.418. The molecule has 3 aromatic carbocycles. The van der Waals surface area contributed by atoms with Crippen molar-refractivity contribution in [3.05, 3.63) is 90.2 Å². The third-order valence-corrected chi connectivity index (χ3v) is 5.50. The fraction of sp³-hybridized carbons (Fsp3) is 0.136. The second kappa shape index (κ2) is 9.41. The molecule has 3 aromatic rings. The molecule has 1 amide bonds. The molecule has 1 atom stereocenters. The van der Waals surface area contributed by atoms with Gasteiger partial charge in [-0.15, -0.1) is 0 Å². The number of para-hydroxylation sites is 1.